The Hall–Kier alpha value is -2.30. The minimum absolute atomic E-state index is 0.258. The summed E-state index contributed by atoms with van der Waals surface area (Å²) in [5.41, 5.74) is 2.33. The summed E-state index contributed by atoms with van der Waals surface area (Å²) in [6.07, 6.45) is 6.30. The van der Waals surface area contributed by atoms with Gasteiger partial charge in [-0.3, -0.25) is 0 Å². The molecule has 0 fully saturated rings. The fourth-order valence-electron chi connectivity index (χ4n) is 2.63. The molecule has 1 aliphatic rings. The molecule has 1 aromatic carbocycles. The van der Waals surface area contributed by atoms with Crippen LogP contribution >= 0.6 is 0 Å². The highest BCUT2D eigenvalue weighted by atomic mass is 16.5. The predicted octanol–water partition coefficient (Wildman–Crippen LogP) is 3.05. The van der Waals surface area contributed by atoms with E-state index in [-0.39, 0.29) is 6.10 Å². The molecule has 1 aromatic heterocycles. The van der Waals surface area contributed by atoms with Crippen LogP contribution in [0.1, 0.15) is 30.1 Å². The zero-order valence-corrected chi connectivity index (χ0v) is 13.1. The second-order valence-electron chi connectivity index (χ2n) is 5.65. The van der Waals surface area contributed by atoms with Gasteiger partial charge in [0.2, 0.25) is 0 Å². The zero-order valence-electron chi connectivity index (χ0n) is 13.1. The average Bonchev–Trinajstić information content (AvgIpc) is 2.84. The van der Waals surface area contributed by atoms with Crippen LogP contribution in [0.2, 0.25) is 0 Å². The maximum absolute atomic E-state index is 5.58. The highest BCUT2D eigenvalue weighted by Gasteiger charge is 2.10. The van der Waals surface area contributed by atoms with Crippen LogP contribution in [0.5, 0.6) is 0 Å². The molecular formula is C17H22N4O. The maximum atomic E-state index is 5.58. The summed E-state index contributed by atoms with van der Waals surface area (Å²) >= 11 is 0. The summed E-state index contributed by atoms with van der Waals surface area (Å²) in [7, 11) is 0. The fraction of sp³-hybridized carbons (Fsp3) is 0.412. The van der Waals surface area contributed by atoms with Crippen molar-refractivity contribution in [3.8, 4) is 0 Å². The number of ether oxygens (including phenoxy) is 1. The van der Waals surface area contributed by atoms with Gasteiger partial charge < -0.3 is 10.1 Å². The number of hydrogen-bond acceptors (Lipinski definition) is 4. The van der Waals surface area contributed by atoms with Crippen molar-refractivity contribution in [2.45, 2.75) is 39.3 Å². The molecule has 0 bridgehead atoms. The third-order valence-corrected chi connectivity index (χ3v) is 3.78. The molecule has 116 valence electrons. The molecule has 5 heteroatoms. The fourth-order valence-corrected chi connectivity index (χ4v) is 2.63. The van der Waals surface area contributed by atoms with E-state index in [4.69, 9.17) is 4.74 Å². The van der Waals surface area contributed by atoms with Crippen molar-refractivity contribution in [2.24, 2.45) is 0 Å². The third-order valence-electron chi connectivity index (χ3n) is 3.78. The second kappa shape index (κ2) is 6.64. The Kier molecular flexibility index (Phi) is 4.42. The largest absolute Gasteiger partial charge is 0.497 e. The van der Waals surface area contributed by atoms with Crippen molar-refractivity contribution in [2.75, 3.05) is 11.9 Å². The van der Waals surface area contributed by atoms with Gasteiger partial charge in [0.05, 0.1) is 19.4 Å². The predicted molar refractivity (Wildman–Crippen MR) is 86.8 cm³/mol. The topological polar surface area (TPSA) is 52.0 Å². The first-order valence-corrected chi connectivity index (χ1v) is 7.72. The molecule has 0 radical (unpaired) electrons. The molecule has 0 saturated heterocycles. The lowest BCUT2D eigenvalue weighted by molar-refractivity contribution is 0.135. The van der Waals surface area contributed by atoms with E-state index in [1.807, 2.05) is 24.8 Å². The third kappa shape index (κ3) is 3.67. The first-order valence-electron chi connectivity index (χ1n) is 7.72. The smallest absolute Gasteiger partial charge is 0.147 e. The maximum Gasteiger partial charge on any atom is 0.147 e. The van der Waals surface area contributed by atoms with Crippen molar-refractivity contribution in [3.63, 3.8) is 0 Å². The number of allylic oxidation sites excluding steroid dienone is 1. The summed E-state index contributed by atoms with van der Waals surface area (Å²) in [6.45, 7) is 5.47. The number of benzene rings is 1. The minimum atomic E-state index is 0.258. The normalized spacial score (nSPS) is 17.3. The van der Waals surface area contributed by atoms with Crippen LogP contribution in [0.25, 0.3) is 0 Å². The molecule has 0 amide bonds. The monoisotopic (exact) mass is 298 g/mol. The van der Waals surface area contributed by atoms with E-state index in [9.17, 15) is 0 Å². The Morgan fingerprint density at radius 1 is 1.36 bits per heavy atom. The van der Waals surface area contributed by atoms with E-state index in [1.54, 1.807) is 0 Å². The van der Waals surface area contributed by atoms with Crippen molar-refractivity contribution >= 4 is 5.69 Å². The lowest BCUT2D eigenvalue weighted by Gasteiger charge is -2.20. The number of anilines is 1. The van der Waals surface area contributed by atoms with Crippen LogP contribution in [0.15, 0.2) is 36.6 Å². The van der Waals surface area contributed by atoms with E-state index < -0.39 is 0 Å². The summed E-state index contributed by atoms with van der Waals surface area (Å²) < 4.78 is 7.51. The quantitative estimate of drug-likeness (QED) is 0.922. The number of hydrogen-bond donors (Lipinski definition) is 1. The van der Waals surface area contributed by atoms with E-state index >= 15 is 0 Å². The van der Waals surface area contributed by atoms with Gasteiger partial charge in [-0.1, -0.05) is 12.1 Å². The van der Waals surface area contributed by atoms with E-state index in [0.29, 0.717) is 0 Å². The Bertz CT molecular complexity index is 662. The summed E-state index contributed by atoms with van der Waals surface area (Å²) in [5, 5.41) is 7.87. The van der Waals surface area contributed by atoms with E-state index in [0.717, 1.165) is 43.3 Å². The highest BCUT2D eigenvalue weighted by Crippen LogP contribution is 2.15. The number of aryl methyl sites for hydroxylation is 2. The Morgan fingerprint density at radius 3 is 3.00 bits per heavy atom. The lowest BCUT2D eigenvalue weighted by atomic mass is 10.1. The summed E-state index contributed by atoms with van der Waals surface area (Å²) in [4.78, 5) is 4.34. The highest BCUT2D eigenvalue weighted by molar-refractivity contribution is 5.45. The van der Waals surface area contributed by atoms with Gasteiger partial charge in [-0.15, -0.1) is 0 Å². The zero-order chi connectivity index (χ0) is 15.4. The molecule has 2 aromatic rings. The Labute approximate surface area is 131 Å². The molecule has 1 atom stereocenters. The summed E-state index contributed by atoms with van der Waals surface area (Å²) in [6, 6.07) is 8.43. The first-order chi connectivity index (χ1) is 10.7. The Morgan fingerprint density at radius 2 is 2.27 bits per heavy atom. The minimum Gasteiger partial charge on any atom is -0.497 e. The van der Waals surface area contributed by atoms with E-state index in [1.165, 1.54) is 5.56 Å². The van der Waals surface area contributed by atoms with Gasteiger partial charge in [-0.05, 0) is 50.5 Å². The van der Waals surface area contributed by atoms with Crippen molar-refractivity contribution in [3.05, 3.63) is 53.8 Å². The van der Waals surface area contributed by atoms with Crippen LogP contribution in [0.3, 0.4) is 0 Å². The molecule has 2 heterocycles. The molecule has 0 unspecified atom stereocenters. The number of nitrogens with one attached hydrogen (secondary N) is 1. The van der Waals surface area contributed by atoms with Crippen LogP contribution in [-0.4, -0.2) is 27.4 Å². The molecular weight excluding hydrogens is 276 g/mol. The van der Waals surface area contributed by atoms with Gasteiger partial charge in [-0.2, -0.15) is 5.10 Å². The van der Waals surface area contributed by atoms with Crippen molar-refractivity contribution in [1.82, 2.24) is 14.8 Å². The van der Waals surface area contributed by atoms with Gasteiger partial charge in [0.15, 0.2) is 0 Å². The van der Waals surface area contributed by atoms with Crippen LogP contribution in [0.4, 0.5) is 5.69 Å². The first kappa shape index (κ1) is 14.6. The molecule has 5 nitrogen and oxygen atoms in total. The molecule has 0 spiro atoms. The SMILES string of the molecule is Cc1nc(C)n(Cc2cccc(NC[C@H]3CCC=CO3)c2)n1. The Balaban J connectivity index is 1.62. The lowest BCUT2D eigenvalue weighted by Crippen LogP contribution is -2.23. The van der Waals surface area contributed by atoms with Crippen LogP contribution < -0.4 is 5.32 Å². The molecule has 0 aliphatic carbocycles. The van der Waals surface area contributed by atoms with Gasteiger partial charge >= 0.3 is 0 Å². The van der Waals surface area contributed by atoms with E-state index in [2.05, 4.69) is 45.7 Å². The standard InChI is InChI=1S/C17H22N4O/c1-13-19-14(2)21(20-13)12-15-6-5-7-16(10-15)18-11-17-8-3-4-9-22-17/h4-7,9-10,17-18H,3,8,11-12H2,1-2H3/t17-/m1/s1. The molecule has 3 rings (SSSR count). The number of rotatable bonds is 5. The molecule has 1 N–H and O–H groups in total. The van der Waals surface area contributed by atoms with Crippen LogP contribution in [0, 0.1) is 13.8 Å². The second-order valence-corrected chi connectivity index (χ2v) is 5.65. The van der Waals surface area contributed by atoms with Gasteiger partial charge in [0.1, 0.15) is 17.8 Å². The van der Waals surface area contributed by atoms with Crippen molar-refractivity contribution < 1.29 is 4.74 Å². The van der Waals surface area contributed by atoms with Crippen molar-refractivity contribution in [1.29, 1.82) is 0 Å². The van der Waals surface area contributed by atoms with Gasteiger partial charge in [0, 0.05) is 5.69 Å². The molecule has 0 saturated carbocycles. The average molecular weight is 298 g/mol. The van der Waals surface area contributed by atoms with Gasteiger partial charge in [-0.25, -0.2) is 9.67 Å². The molecule has 22 heavy (non-hydrogen) atoms. The van der Waals surface area contributed by atoms with Gasteiger partial charge in [0.25, 0.3) is 0 Å². The molecule has 1 aliphatic heterocycles. The van der Waals surface area contributed by atoms with Crippen LogP contribution in [-0.2, 0) is 11.3 Å². The number of aromatic nitrogens is 3. The number of nitrogens with zero attached hydrogens (tertiary/aromatic N) is 3. The summed E-state index contributed by atoms with van der Waals surface area (Å²) in [5.74, 6) is 1.76.